The van der Waals surface area contributed by atoms with E-state index in [9.17, 15) is 9.59 Å². The lowest BCUT2D eigenvalue weighted by Gasteiger charge is -2.15. The lowest BCUT2D eigenvalue weighted by Crippen LogP contribution is -2.31. The van der Waals surface area contributed by atoms with E-state index >= 15 is 0 Å². The summed E-state index contributed by atoms with van der Waals surface area (Å²) in [5.41, 5.74) is 3.26. The van der Waals surface area contributed by atoms with Gasteiger partial charge in [-0.1, -0.05) is 24.3 Å². The minimum absolute atomic E-state index is 0.190. The summed E-state index contributed by atoms with van der Waals surface area (Å²) in [6.07, 6.45) is 0. The molecule has 1 aromatic heterocycles. The van der Waals surface area contributed by atoms with Crippen molar-refractivity contribution < 1.29 is 23.8 Å². The number of carbonyl (C=O) groups is 2. The highest BCUT2D eigenvalue weighted by Crippen LogP contribution is 2.34. The summed E-state index contributed by atoms with van der Waals surface area (Å²) < 4.78 is 17.6. The van der Waals surface area contributed by atoms with E-state index in [-0.39, 0.29) is 19.4 Å². The molecule has 0 spiro atoms. The van der Waals surface area contributed by atoms with Crippen LogP contribution in [-0.4, -0.2) is 35.1 Å². The fourth-order valence-corrected chi connectivity index (χ4v) is 3.51. The molecule has 31 heavy (non-hydrogen) atoms. The number of aryl methyl sites for hydroxylation is 1. The maximum absolute atomic E-state index is 12.6. The summed E-state index contributed by atoms with van der Waals surface area (Å²) >= 11 is 0. The summed E-state index contributed by atoms with van der Waals surface area (Å²) in [4.78, 5) is 25.0. The van der Waals surface area contributed by atoms with Crippen molar-refractivity contribution in [3.8, 4) is 17.2 Å². The minimum Gasteiger partial charge on any atom is -0.454 e. The van der Waals surface area contributed by atoms with E-state index in [4.69, 9.17) is 14.2 Å². The predicted molar refractivity (Wildman–Crippen MR) is 112 cm³/mol. The number of ether oxygens (including phenoxy) is 3. The number of rotatable bonds is 6. The zero-order valence-corrected chi connectivity index (χ0v) is 17.5. The first-order valence-electron chi connectivity index (χ1n) is 9.91. The van der Waals surface area contributed by atoms with E-state index in [0.29, 0.717) is 28.5 Å². The highest BCUT2D eigenvalue weighted by Gasteiger charge is 2.22. The van der Waals surface area contributed by atoms with Gasteiger partial charge in [0.05, 0.1) is 23.1 Å². The second-order valence-electron chi connectivity index (χ2n) is 7.27. The Morgan fingerprint density at radius 2 is 1.87 bits per heavy atom. The van der Waals surface area contributed by atoms with E-state index in [2.05, 4.69) is 10.4 Å². The second-order valence-corrected chi connectivity index (χ2v) is 7.27. The molecule has 1 amide bonds. The van der Waals surface area contributed by atoms with Gasteiger partial charge >= 0.3 is 5.97 Å². The molecule has 1 aliphatic rings. The number of amides is 1. The Bertz CT molecular complexity index is 1120. The van der Waals surface area contributed by atoms with Crippen LogP contribution in [0.4, 0.5) is 0 Å². The van der Waals surface area contributed by atoms with E-state index in [1.165, 1.54) is 0 Å². The third kappa shape index (κ3) is 4.23. The molecule has 2 heterocycles. The number of hydrogen-bond acceptors (Lipinski definition) is 6. The number of carbonyl (C=O) groups excluding carboxylic acids is 2. The molecule has 160 valence electrons. The molecule has 4 rings (SSSR count). The van der Waals surface area contributed by atoms with Crippen LogP contribution in [-0.2, 0) is 9.53 Å². The zero-order valence-electron chi connectivity index (χ0n) is 17.5. The van der Waals surface area contributed by atoms with Gasteiger partial charge in [-0.3, -0.25) is 4.79 Å². The topological polar surface area (TPSA) is 91.7 Å². The van der Waals surface area contributed by atoms with Crippen LogP contribution in [0.5, 0.6) is 11.5 Å². The molecule has 0 aliphatic carbocycles. The van der Waals surface area contributed by atoms with Crippen LogP contribution in [0.15, 0.2) is 48.5 Å². The number of nitrogens with zero attached hydrogens (tertiary/aromatic N) is 2. The van der Waals surface area contributed by atoms with Crippen LogP contribution >= 0.6 is 0 Å². The molecule has 1 atom stereocenters. The molecule has 0 fully saturated rings. The SMILES string of the molecule is Cc1nn(-c2ccccc2)c(C)c1C(=O)OCC(=O)N[C@@H](C)c1ccc2c(c1)OCO2. The van der Waals surface area contributed by atoms with Gasteiger partial charge in [0.1, 0.15) is 5.56 Å². The molecule has 0 saturated heterocycles. The van der Waals surface area contributed by atoms with Crippen molar-refractivity contribution in [2.24, 2.45) is 0 Å². The quantitative estimate of drug-likeness (QED) is 0.615. The summed E-state index contributed by atoms with van der Waals surface area (Å²) in [5.74, 6) is 0.344. The Morgan fingerprint density at radius 3 is 2.65 bits per heavy atom. The van der Waals surface area contributed by atoms with Crippen molar-refractivity contribution in [1.29, 1.82) is 0 Å². The molecular weight excluding hydrogens is 398 g/mol. The van der Waals surface area contributed by atoms with Crippen LogP contribution in [0.1, 0.15) is 40.3 Å². The smallest absolute Gasteiger partial charge is 0.342 e. The minimum atomic E-state index is -0.580. The average Bonchev–Trinajstić information content (AvgIpc) is 3.35. The Labute approximate surface area is 179 Å². The lowest BCUT2D eigenvalue weighted by atomic mass is 10.1. The molecule has 0 saturated carbocycles. The Kier molecular flexibility index (Phi) is 5.62. The number of benzene rings is 2. The Morgan fingerprint density at radius 1 is 1.13 bits per heavy atom. The fraction of sp³-hybridized carbons (Fsp3) is 0.261. The monoisotopic (exact) mass is 421 g/mol. The van der Waals surface area contributed by atoms with Gasteiger partial charge in [-0.2, -0.15) is 5.10 Å². The second kappa shape index (κ2) is 8.51. The van der Waals surface area contributed by atoms with Gasteiger partial charge in [0.25, 0.3) is 5.91 Å². The predicted octanol–water partition coefficient (Wildman–Crippen LogP) is 3.25. The summed E-state index contributed by atoms with van der Waals surface area (Å²) in [5, 5.41) is 7.26. The number of aromatic nitrogens is 2. The standard InChI is InChI=1S/C23H23N3O5/c1-14(17-9-10-19-20(11-17)31-13-30-19)24-21(27)12-29-23(28)22-15(2)25-26(16(22)3)18-7-5-4-6-8-18/h4-11,14H,12-13H2,1-3H3,(H,24,27)/t14-/m0/s1. The normalized spacial score (nSPS) is 13.0. The Hall–Kier alpha value is -3.81. The number of para-hydroxylation sites is 1. The van der Waals surface area contributed by atoms with Gasteiger partial charge in [-0.05, 0) is 50.6 Å². The maximum atomic E-state index is 12.6. The van der Waals surface area contributed by atoms with Gasteiger partial charge in [0.15, 0.2) is 18.1 Å². The number of fused-ring (bicyclic) bond motifs is 1. The van der Waals surface area contributed by atoms with Crippen molar-refractivity contribution in [1.82, 2.24) is 15.1 Å². The lowest BCUT2D eigenvalue weighted by molar-refractivity contribution is -0.124. The van der Waals surface area contributed by atoms with Gasteiger partial charge in [0.2, 0.25) is 6.79 Å². The van der Waals surface area contributed by atoms with E-state index in [1.807, 2.05) is 49.4 Å². The summed E-state index contributed by atoms with van der Waals surface area (Å²) in [7, 11) is 0. The van der Waals surface area contributed by atoms with Gasteiger partial charge in [-0.25, -0.2) is 9.48 Å². The fourth-order valence-electron chi connectivity index (χ4n) is 3.51. The first-order chi connectivity index (χ1) is 14.9. The third-order valence-electron chi connectivity index (χ3n) is 5.10. The zero-order chi connectivity index (χ0) is 22.0. The summed E-state index contributed by atoms with van der Waals surface area (Å²) in [6, 6.07) is 14.7. The van der Waals surface area contributed by atoms with Crippen molar-refractivity contribution in [3.05, 3.63) is 71.0 Å². The first-order valence-corrected chi connectivity index (χ1v) is 9.91. The highest BCUT2D eigenvalue weighted by atomic mass is 16.7. The van der Waals surface area contributed by atoms with Crippen LogP contribution in [0.2, 0.25) is 0 Å². The van der Waals surface area contributed by atoms with Crippen molar-refractivity contribution in [2.45, 2.75) is 26.8 Å². The third-order valence-corrected chi connectivity index (χ3v) is 5.10. The van der Waals surface area contributed by atoms with Crippen LogP contribution in [0.3, 0.4) is 0 Å². The molecule has 0 bridgehead atoms. The van der Waals surface area contributed by atoms with Crippen molar-refractivity contribution in [2.75, 3.05) is 13.4 Å². The van der Waals surface area contributed by atoms with E-state index in [0.717, 1.165) is 11.3 Å². The van der Waals surface area contributed by atoms with E-state index < -0.39 is 11.9 Å². The highest BCUT2D eigenvalue weighted by molar-refractivity contribution is 5.93. The molecule has 8 nitrogen and oxygen atoms in total. The average molecular weight is 421 g/mol. The Balaban J connectivity index is 1.37. The van der Waals surface area contributed by atoms with Crippen LogP contribution in [0, 0.1) is 13.8 Å². The molecule has 2 aromatic carbocycles. The molecule has 1 N–H and O–H groups in total. The number of nitrogens with one attached hydrogen (secondary N) is 1. The molecule has 0 unspecified atom stereocenters. The molecule has 3 aromatic rings. The van der Waals surface area contributed by atoms with Crippen LogP contribution in [0.25, 0.3) is 5.69 Å². The number of hydrogen-bond donors (Lipinski definition) is 1. The van der Waals surface area contributed by atoms with E-state index in [1.54, 1.807) is 24.6 Å². The molecule has 0 radical (unpaired) electrons. The molecule has 1 aliphatic heterocycles. The van der Waals surface area contributed by atoms with Crippen molar-refractivity contribution in [3.63, 3.8) is 0 Å². The largest absolute Gasteiger partial charge is 0.454 e. The van der Waals surface area contributed by atoms with Gasteiger partial charge in [-0.15, -0.1) is 0 Å². The van der Waals surface area contributed by atoms with Gasteiger partial charge in [0, 0.05) is 0 Å². The van der Waals surface area contributed by atoms with Crippen molar-refractivity contribution >= 4 is 11.9 Å². The maximum Gasteiger partial charge on any atom is 0.342 e. The first kappa shape index (κ1) is 20.5. The molecule has 8 heteroatoms. The van der Waals surface area contributed by atoms with Crippen LogP contribution < -0.4 is 14.8 Å². The molecular formula is C23H23N3O5. The summed E-state index contributed by atoms with van der Waals surface area (Å²) in [6.45, 7) is 5.18. The number of esters is 1. The van der Waals surface area contributed by atoms with Gasteiger partial charge < -0.3 is 19.5 Å².